The lowest BCUT2D eigenvalue weighted by molar-refractivity contribution is 0.251. The molecule has 0 saturated carbocycles. The van der Waals surface area contributed by atoms with Gasteiger partial charge in [0, 0.05) is 26.2 Å². The second-order valence-corrected chi connectivity index (χ2v) is 5.33. The van der Waals surface area contributed by atoms with Crippen LogP contribution in [0.5, 0.6) is 0 Å². The van der Waals surface area contributed by atoms with Gasteiger partial charge in [-0.1, -0.05) is 11.8 Å². The van der Waals surface area contributed by atoms with Crippen molar-refractivity contribution in [2.45, 2.75) is 24.5 Å². The number of nitrogens with zero attached hydrogens (tertiary/aromatic N) is 2. The minimum atomic E-state index is -2.36. The predicted octanol–water partition coefficient (Wildman–Crippen LogP) is 2.80. The summed E-state index contributed by atoms with van der Waals surface area (Å²) in [5, 5.41) is 7.52. The molecule has 0 spiro atoms. The summed E-state index contributed by atoms with van der Waals surface area (Å²) in [5.41, 5.74) is 1.04. The van der Waals surface area contributed by atoms with Crippen LogP contribution in [0.1, 0.15) is 17.2 Å². The van der Waals surface area contributed by atoms with Crippen LogP contribution in [0.4, 0.5) is 8.78 Å². The number of aryl methyl sites for hydroxylation is 1. The molecule has 0 atom stereocenters. The summed E-state index contributed by atoms with van der Waals surface area (Å²) in [6.07, 6.45) is 2.75. The molecule has 2 aromatic rings. The smallest absolute Gasteiger partial charge is 0.284 e. The van der Waals surface area contributed by atoms with Gasteiger partial charge in [0.1, 0.15) is 11.5 Å². The van der Waals surface area contributed by atoms with E-state index < -0.39 is 5.76 Å². The van der Waals surface area contributed by atoms with E-state index in [1.807, 2.05) is 25.4 Å². The topological polar surface area (TPSA) is 43.0 Å². The van der Waals surface area contributed by atoms with Crippen LogP contribution in [-0.2, 0) is 25.8 Å². The van der Waals surface area contributed by atoms with Gasteiger partial charge in [0.15, 0.2) is 0 Å². The highest BCUT2D eigenvalue weighted by Gasteiger charge is 2.07. The Balaban J connectivity index is 1.66. The zero-order chi connectivity index (χ0) is 14.4. The van der Waals surface area contributed by atoms with E-state index in [0.717, 1.165) is 24.4 Å². The number of halogens is 2. The maximum absolute atomic E-state index is 12.0. The Morgan fingerprint density at radius 2 is 2.15 bits per heavy atom. The Bertz CT molecular complexity index is 527. The molecule has 0 saturated heterocycles. The maximum Gasteiger partial charge on any atom is 0.284 e. The first-order chi connectivity index (χ1) is 9.63. The van der Waals surface area contributed by atoms with Crippen LogP contribution in [0, 0.1) is 0 Å². The van der Waals surface area contributed by atoms with Gasteiger partial charge in [0.2, 0.25) is 0 Å². The second-order valence-electron chi connectivity index (χ2n) is 4.35. The largest absolute Gasteiger partial charge is 0.464 e. The van der Waals surface area contributed by atoms with Crippen molar-refractivity contribution in [1.82, 2.24) is 15.1 Å². The molecule has 0 aliphatic carbocycles. The third-order valence-electron chi connectivity index (χ3n) is 2.69. The Hall–Kier alpha value is -1.34. The zero-order valence-electron chi connectivity index (χ0n) is 11.2. The summed E-state index contributed by atoms with van der Waals surface area (Å²) >= 11 is 0.568. The number of thioether (sulfide) groups is 1. The van der Waals surface area contributed by atoms with Crippen molar-refractivity contribution in [3.05, 3.63) is 41.6 Å². The van der Waals surface area contributed by atoms with Gasteiger partial charge in [-0.2, -0.15) is 13.9 Å². The molecule has 7 heteroatoms. The molecule has 20 heavy (non-hydrogen) atoms. The van der Waals surface area contributed by atoms with Crippen LogP contribution in [0.25, 0.3) is 0 Å². The average molecular weight is 301 g/mol. The van der Waals surface area contributed by atoms with Crippen LogP contribution in [-0.4, -0.2) is 22.1 Å². The zero-order valence-corrected chi connectivity index (χ0v) is 12.0. The molecule has 2 heterocycles. The first-order valence-corrected chi connectivity index (χ1v) is 7.35. The van der Waals surface area contributed by atoms with Crippen LogP contribution in [0.15, 0.2) is 28.8 Å². The minimum absolute atomic E-state index is 0.200. The van der Waals surface area contributed by atoms with Gasteiger partial charge in [-0.05, 0) is 18.2 Å². The monoisotopic (exact) mass is 301 g/mol. The molecular formula is C13H17F2N3OS. The molecule has 4 nitrogen and oxygen atoms in total. The second kappa shape index (κ2) is 7.44. The Morgan fingerprint density at radius 3 is 2.85 bits per heavy atom. The number of hydrogen-bond donors (Lipinski definition) is 1. The standard InChI is InChI=1S/C13H17F2N3OS/c1-18-7-5-10(17-18)4-6-16-8-11-2-3-12(19-11)9-20-13(14)15/h2-3,5,7,13,16H,4,6,8-9H2,1H3. The number of furan rings is 1. The van der Waals surface area contributed by atoms with Gasteiger partial charge in [-0.3, -0.25) is 4.68 Å². The Morgan fingerprint density at radius 1 is 1.35 bits per heavy atom. The first-order valence-electron chi connectivity index (χ1n) is 6.30. The van der Waals surface area contributed by atoms with Crippen molar-refractivity contribution < 1.29 is 13.2 Å². The molecule has 0 aliphatic heterocycles. The number of rotatable bonds is 8. The summed E-state index contributed by atoms with van der Waals surface area (Å²) in [7, 11) is 1.89. The summed E-state index contributed by atoms with van der Waals surface area (Å²) in [5.74, 6) is -0.821. The highest BCUT2D eigenvalue weighted by molar-refractivity contribution is 7.98. The van der Waals surface area contributed by atoms with Crippen LogP contribution < -0.4 is 5.32 Å². The van der Waals surface area contributed by atoms with Crippen molar-refractivity contribution in [2.75, 3.05) is 6.54 Å². The predicted molar refractivity (Wildman–Crippen MR) is 74.6 cm³/mol. The van der Waals surface area contributed by atoms with Gasteiger partial charge < -0.3 is 9.73 Å². The van der Waals surface area contributed by atoms with E-state index in [1.165, 1.54) is 0 Å². The quantitative estimate of drug-likeness (QED) is 0.761. The Labute approximate surface area is 120 Å². The molecule has 0 aliphatic rings. The molecule has 0 amide bonds. The van der Waals surface area contributed by atoms with Crippen LogP contribution >= 0.6 is 11.8 Å². The summed E-state index contributed by atoms with van der Waals surface area (Å²) in [6, 6.07) is 5.54. The third-order valence-corrected chi connectivity index (χ3v) is 3.40. The minimum Gasteiger partial charge on any atom is -0.464 e. The lowest BCUT2D eigenvalue weighted by Gasteiger charge is -2.01. The highest BCUT2D eigenvalue weighted by Crippen LogP contribution is 2.21. The number of alkyl halides is 2. The van der Waals surface area contributed by atoms with E-state index in [4.69, 9.17) is 4.42 Å². The van der Waals surface area contributed by atoms with E-state index in [9.17, 15) is 8.78 Å². The number of aromatic nitrogens is 2. The van der Waals surface area contributed by atoms with Crippen LogP contribution in [0.3, 0.4) is 0 Å². The van der Waals surface area contributed by atoms with Gasteiger partial charge >= 0.3 is 0 Å². The van der Waals surface area contributed by atoms with E-state index in [1.54, 1.807) is 10.7 Å². The molecule has 0 unspecified atom stereocenters. The van der Waals surface area contributed by atoms with E-state index in [-0.39, 0.29) is 5.75 Å². The summed E-state index contributed by atoms with van der Waals surface area (Å²) < 4.78 is 31.3. The molecule has 0 aromatic carbocycles. The fourth-order valence-corrected chi connectivity index (χ4v) is 2.21. The van der Waals surface area contributed by atoms with Gasteiger partial charge in [0.25, 0.3) is 5.76 Å². The van der Waals surface area contributed by atoms with E-state index in [0.29, 0.717) is 24.1 Å². The maximum atomic E-state index is 12.0. The van der Waals surface area contributed by atoms with Crippen molar-refractivity contribution in [3.8, 4) is 0 Å². The normalized spacial score (nSPS) is 11.4. The Kier molecular flexibility index (Phi) is 5.60. The molecule has 2 rings (SSSR count). The first kappa shape index (κ1) is 15.1. The van der Waals surface area contributed by atoms with Crippen molar-refractivity contribution in [3.63, 3.8) is 0 Å². The molecule has 0 bridgehead atoms. The van der Waals surface area contributed by atoms with Crippen LogP contribution in [0.2, 0.25) is 0 Å². The van der Waals surface area contributed by atoms with Gasteiger partial charge in [-0.15, -0.1) is 0 Å². The average Bonchev–Trinajstić information content (AvgIpc) is 3.01. The van der Waals surface area contributed by atoms with E-state index >= 15 is 0 Å². The SMILES string of the molecule is Cn1ccc(CCNCc2ccc(CSC(F)F)o2)n1. The number of hydrogen-bond acceptors (Lipinski definition) is 4. The fourth-order valence-electron chi connectivity index (χ4n) is 1.76. The molecule has 2 aromatic heterocycles. The molecule has 110 valence electrons. The molecule has 0 fully saturated rings. The highest BCUT2D eigenvalue weighted by atomic mass is 32.2. The van der Waals surface area contributed by atoms with Crippen molar-refractivity contribution in [2.24, 2.45) is 7.05 Å². The van der Waals surface area contributed by atoms with Crippen molar-refractivity contribution >= 4 is 11.8 Å². The lowest BCUT2D eigenvalue weighted by atomic mass is 10.3. The summed E-state index contributed by atoms with van der Waals surface area (Å²) in [4.78, 5) is 0. The third kappa shape index (κ3) is 4.97. The molecular weight excluding hydrogens is 284 g/mol. The summed E-state index contributed by atoms with van der Waals surface area (Å²) in [6.45, 7) is 1.38. The molecule has 1 N–H and O–H groups in total. The number of nitrogens with one attached hydrogen (secondary N) is 1. The van der Waals surface area contributed by atoms with Gasteiger partial charge in [-0.25, -0.2) is 0 Å². The van der Waals surface area contributed by atoms with Crippen molar-refractivity contribution in [1.29, 1.82) is 0 Å². The molecule has 0 radical (unpaired) electrons. The van der Waals surface area contributed by atoms with E-state index in [2.05, 4.69) is 10.4 Å². The lowest BCUT2D eigenvalue weighted by Crippen LogP contribution is -2.16. The van der Waals surface area contributed by atoms with Gasteiger partial charge in [0.05, 0.1) is 18.0 Å². The fraction of sp³-hybridized carbons (Fsp3) is 0.462.